The summed E-state index contributed by atoms with van der Waals surface area (Å²) in [7, 11) is 5.27. The summed E-state index contributed by atoms with van der Waals surface area (Å²) in [4.78, 5) is 23.0. The highest BCUT2D eigenvalue weighted by atomic mass is 16.5. The molecular weight excluding hydrogens is 479 g/mol. The van der Waals surface area contributed by atoms with E-state index >= 15 is 0 Å². The van der Waals surface area contributed by atoms with Gasteiger partial charge in [0.2, 0.25) is 0 Å². The van der Waals surface area contributed by atoms with Crippen LogP contribution in [0.4, 0.5) is 0 Å². The zero-order valence-corrected chi connectivity index (χ0v) is 25.9. The molecule has 39 heavy (non-hydrogen) atoms. The Bertz CT molecular complexity index is 879. The second kappa shape index (κ2) is 13.4. The lowest BCUT2D eigenvalue weighted by atomic mass is 9.48. The number of rotatable bonds is 14. The lowest BCUT2D eigenvalue weighted by Gasteiger charge is -2.57. The Kier molecular flexibility index (Phi) is 10.7. The number of fused-ring (bicyclic) bond motifs is 5. The van der Waals surface area contributed by atoms with Crippen molar-refractivity contribution in [1.82, 2.24) is 0 Å². The van der Waals surface area contributed by atoms with Crippen molar-refractivity contribution in [3.8, 4) is 0 Å². The van der Waals surface area contributed by atoms with E-state index in [0.29, 0.717) is 23.4 Å². The molecule has 0 aromatic carbocycles. The molecule has 4 rings (SSSR count). The standard InChI is InChI=1S/C35H57BO3/c1-24(2)10-9-11-25(3)26-20-31-29-14-13-27-21-28(39-19-8-6-7-12-32(37)33(38)23-36)15-18-35(27,5)30(29)16-17-34(31,4)22-26/h13,24-26,28-31H,6-12,14-23H2,1-5H3/t25-,26?,28-,29-,30+,31?,34-,35+/m1/s1. The van der Waals surface area contributed by atoms with Crippen molar-refractivity contribution in [3.05, 3.63) is 11.6 Å². The maximum atomic E-state index is 11.6. The maximum absolute atomic E-state index is 11.6. The molecule has 0 bridgehead atoms. The minimum Gasteiger partial charge on any atom is -0.378 e. The van der Waals surface area contributed by atoms with E-state index in [0.717, 1.165) is 67.8 Å². The molecule has 0 spiro atoms. The van der Waals surface area contributed by atoms with Crippen molar-refractivity contribution in [2.75, 3.05) is 6.61 Å². The fourth-order valence-electron chi connectivity index (χ4n) is 9.47. The van der Waals surface area contributed by atoms with Gasteiger partial charge in [0.05, 0.1) is 14.0 Å². The van der Waals surface area contributed by atoms with E-state index in [4.69, 9.17) is 12.6 Å². The van der Waals surface area contributed by atoms with E-state index in [1.54, 1.807) is 5.57 Å². The number of ether oxygens (including phenoxy) is 1. The third-order valence-electron chi connectivity index (χ3n) is 12.0. The van der Waals surface area contributed by atoms with E-state index in [1.807, 2.05) is 0 Å². The third-order valence-corrected chi connectivity index (χ3v) is 12.0. The van der Waals surface area contributed by atoms with E-state index in [1.165, 1.54) is 64.2 Å². The van der Waals surface area contributed by atoms with Crippen molar-refractivity contribution in [2.24, 2.45) is 46.3 Å². The molecule has 3 saturated carbocycles. The molecule has 0 heterocycles. The molecule has 2 unspecified atom stereocenters. The van der Waals surface area contributed by atoms with Crippen molar-refractivity contribution >= 4 is 19.4 Å². The second-order valence-electron chi connectivity index (χ2n) is 15.1. The van der Waals surface area contributed by atoms with Crippen molar-refractivity contribution in [1.29, 1.82) is 0 Å². The Morgan fingerprint density at radius 1 is 1.00 bits per heavy atom. The molecule has 0 aromatic heterocycles. The molecule has 2 radical (unpaired) electrons. The van der Waals surface area contributed by atoms with Crippen LogP contribution < -0.4 is 0 Å². The summed E-state index contributed by atoms with van der Waals surface area (Å²) in [5.74, 6) is 4.56. The maximum Gasteiger partial charge on any atom is 0.197 e. The molecule has 0 amide bonds. The minimum atomic E-state index is -0.443. The first kappa shape index (κ1) is 31.0. The zero-order valence-electron chi connectivity index (χ0n) is 25.9. The molecule has 0 saturated heterocycles. The quantitative estimate of drug-likeness (QED) is 0.0965. The van der Waals surface area contributed by atoms with Gasteiger partial charge in [0, 0.05) is 13.0 Å². The number of hydrogen-bond acceptors (Lipinski definition) is 3. The van der Waals surface area contributed by atoms with Crippen LogP contribution in [0.5, 0.6) is 0 Å². The summed E-state index contributed by atoms with van der Waals surface area (Å²) in [5, 5.41) is 0. The molecule has 0 aromatic rings. The number of ketones is 2. The van der Waals surface area contributed by atoms with E-state index < -0.39 is 5.78 Å². The predicted octanol–water partition coefficient (Wildman–Crippen LogP) is 8.70. The Balaban J connectivity index is 1.27. The van der Waals surface area contributed by atoms with Crippen LogP contribution in [-0.4, -0.2) is 32.1 Å². The van der Waals surface area contributed by atoms with Crippen molar-refractivity contribution in [2.45, 2.75) is 143 Å². The SMILES string of the molecule is [B]CC(=O)C(=O)CCCCCO[C@@H]1CC[C@@]2(C)C(=CC[C@H]3C4CC([C@H](C)CCCC(C)C)C[C@@]4(C)CC[C@@H]32)C1. The average Bonchev–Trinajstić information content (AvgIpc) is 3.27. The molecule has 218 valence electrons. The first-order valence-electron chi connectivity index (χ1n) is 16.6. The van der Waals surface area contributed by atoms with Gasteiger partial charge in [-0.05, 0) is 117 Å². The van der Waals surface area contributed by atoms with Crippen LogP contribution in [0.25, 0.3) is 0 Å². The molecule has 3 fully saturated rings. The molecule has 0 N–H and O–H groups in total. The van der Waals surface area contributed by atoms with Crippen LogP contribution in [0, 0.1) is 46.3 Å². The van der Waals surface area contributed by atoms with Crippen LogP contribution >= 0.6 is 0 Å². The van der Waals surface area contributed by atoms with Crippen molar-refractivity contribution in [3.63, 3.8) is 0 Å². The predicted molar refractivity (Wildman–Crippen MR) is 162 cm³/mol. The van der Waals surface area contributed by atoms with Gasteiger partial charge in [-0.1, -0.05) is 72.0 Å². The minimum absolute atomic E-state index is 0.168. The van der Waals surface area contributed by atoms with E-state index in [-0.39, 0.29) is 12.1 Å². The van der Waals surface area contributed by atoms with Gasteiger partial charge in [0.25, 0.3) is 0 Å². The van der Waals surface area contributed by atoms with Gasteiger partial charge in [-0.2, -0.15) is 0 Å². The summed E-state index contributed by atoms with van der Waals surface area (Å²) < 4.78 is 6.35. The highest BCUT2D eigenvalue weighted by Crippen LogP contribution is 2.66. The Hall–Kier alpha value is -0.895. The third kappa shape index (κ3) is 7.13. The summed E-state index contributed by atoms with van der Waals surface area (Å²) in [6, 6.07) is 0. The van der Waals surface area contributed by atoms with Crippen LogP contribution in [0.15, 0.2) is 11.6 Å². The molecule has 4 heteroatoms. The number of carbonyl (C=O) groups excluding carboxylic acids is 2. The van der Waals surface area contributed by atoms with Gasteiger partial charge in [-0.3, -0.25) is 9.59 Å². The Morgan fingerprint density at radius 2 is 1.79 bits per heavy atom. The summed E-state index contributed by atoms with van der Waals surface area (Å²) in [5.41, 5.74) is 2.65. The summed E-state index contributed by atoms with van der Waals surface area (Å²) >= 11 is 0. The number of Topliss-reactive ketones (excluding diaryl/α,β-unsaturated/α-hetero) is 2. The lowest BCUT2D eigenvalue weighted by molar-refractivity contribution is -0.135. The number of unbranched alkanes of at least 4 members (excludes halogenated alkanes) is 2. The first-order valence-corrected chi connectivity index (χ1v) is 16.6. The molecule has 0 aliphatic heterocycles. The topological polar surface area (TPSA) is 43.4 Å². The number of hydrogen-bond donors (Lipinski definition) is 0. The lowest BCUT2D eigenvalue weighted by Crippen LogP contribution is -2.49. The number of allylic oxidation sites excluding steroid dienone is 1. The fraction of sp³-hybridized carbons (Fsp3) is 0.886. The van der Waals surface area contributed by atoms with Crippen LogP contribution in [0.1, 0.15) is 131 Å². The van der Waals surface area contributed by atoms with Gasteiger partial charge >= 0.3 is 0 Å². The van der Waals surface area contributed by atoms with Gasteiger partial charge in [0.15, 0.2) is 11.6 Å². The molecule has 4 aliphatic carbocycles. The van der Waals surface area contributed by atoms with Crippen LogP contribution in [0.2, 0.25) is 6.32 Å². The molecule has 8 atom stereocenters. The van der Waals surface area contributed by atoms with Crippen LogP contribution in [-0.2, 0) is 14.3 Å². The summed E-state index contributed by atoms with van der Waals surface area (Å²) in [6.07, 6.45) is 20.7. The highest BCUT2D eigenvalue weighted by molar-refractivity contribution is 6.44. The van der Waals surface area contributed by atoms with Gasteiger partial charge < -0.3 is 4.74 Å². The second-order valence-corrected chi connectivity index (χ2v) is 15.1. The molecular formula is C35H57BO3. The Labute approximate surface area is 241 Å². The van der Waals surface area contributed by atoms with Gasteiger partial charge in [-0.15, -0.1) is 0 Å². The van der Waals surface area contributed by atoms with E-state index in [2.05, 4.69) is 40.7 Å². The molecule has 4 aliphatic rings. The first-order chi connectivity index (χ1) is 18.6. The normalized spacial score (nSPS) is 36.6. The van der Waals surface area contributed by atoms with Crippen LogP contribution in [0.3, 0.4) is 0 Å². The van der Waals surface area contributed by atoms with Gasteiger partial charge in [0.1, 0.15) is 0 Å². The number of carbonyl (C=O) groups is 2. The van der Waals surface area contributed by atoms with Crippen molar-refractivity contribution < 1.29 is 14.3 Å². The fourth-order valence-corrected chi connectivity index (χ4v) is 9.47. The smallest absolute Gasteiger partial charge is 0.197 e. The monoisotopic (exact) mass is 536 g/mol. The zero-order chi connectivity index (χ0) is 28.2. The molecule has 3 nitrogen and oxygen atoms in total. The summed E-state index contributed by atoms with van der Waals surface area (Å²) in [6.45, 7) is 13.3. The highest BCUT2D eigenvalue weighted by Gasteiger charge is 2.57. The van der Waals surface area contributed by atoms with Gasteiger partial charge in [-0.25, -0.2) is 0 Å². The largest absolute Gasteiger partial charge is 0.378 e. The average molecular weight is 537 g/mol. The Morgan fingerprint density at radius 3 is 2.54 bits per heavy atom. The van der Waals surface area contributed by atoms with E-state index in [9.17, 15) is 9.59 Å².